The molecule has 1 rings (SSSR count). The number of non-ortho nitro benzene ring substituents is 1. The number of nitro groups is 1. The highest BCUT2D eigenvalue weighted by atomic mass is 16.6. The molecule has 18 heavy (non-hydrogen) atoms. The summed E-state index contributed by atoms with van der Waals surface area (Å²) < 4.78 is 0. The van der Waals surface area contributed by atoms with Crippen LogP contribution in [0.1, 0.15) is 19.4 Å². The first-order chi connectivity index (χ1) is 8.49. The molecule has 3 N–H and O–H groups in total. The molecule has 0 unspecified atom stereocenters. The monoisotopic (exact) mass is 250 g/mol. The van der Waals surface area contributed by atoms with E-state index in [-0.39, 0.29) is 11.7 Å². The van der Waals surface area contributed by atoms with Crippen LogP contribution in [0.25, 0.3) is 0 Å². The summed E-state index contributed by atoms with van der Waals surface area (Å²) in [6.45, 7) is 4.53. The van der Waals surface area contributed by atoms with Crippen molar-refractivity contribution in [3.05, 3.63) is 39.9 Å². The van der Waals surface area contributed by atoms with Crippen LogP contribution in [-0.4, -0.2) is 23.5 Å². The summed E-state index contributed by atoms with van der Waals surface area (Å²) >= 11 is 0. The Morgan fingerprint density at radius 1 is 1.44 bits per heavy atom. The molecule has 0 radical (unpaired) electrons. The zero-order valence-corrected chi connectivity index (χ0v) is 10.6. The van der Waals surface area contributed by atoms with Gasteiger partial charge in [0.25, 0.3) is 5.69 Å². The highest BCUT2D eigenvalue weighted by Gasteiger charge is 2.03. The summed E-state index contributed by atoms with van der Waals surface area (Å²) in [5.74, 6) is 0.423. The van der Waals surface area contributed by atoms with Crippen molar-refractivity contribution in [3.8, 4) is 0 Å². The molecule has 6 nitrogen and oxygen atoms in total. The molecule has 0 aliphatic heterocycles. The lowest BCUT2D eigenvalue weighted by molar-refractivity contribution is -0.384. The molecule has 1 aromatic rings. The second kappa shape index (κ2) is 6.58. The molecule has 0 atom stereocenters. The smallest absolute Gasteiger partial charge is 0.269 e. The maximum Gasteiger partial charge on any atom is 0.269 e. The zero-order valence-electron chi connectivity index (χ0n) is 10.6. The number of nitro benzene ring substituents is 1. The highest BCUT2D eigenvalue weighted by Crippen LogP contribution is 2.12. The minimum absolute atomic E-state index is 0.100. The topological polar surface area (TPSA) is 93.5 Å². The molecule has 98 valence electrons. The molecule has 0 fully saturated rings. The first-order valence-electron chi connectivity index (χ1n) is 5.79. The number of hydrogen-bond acceptors (Lipinski definition) is 3. The van der Waals surface area contributed by atoms with Gasteiger partial charge in [0.05, 0.1) is 4.92 Å². The Balaban J connectivity index is 2.46. The molecule has 0 amide bonds. The van der Waals surface area contributed by atoms with E-state index in [1.165, 1.54) is 12.1 Å². The van der Waals surface area contributed by atoms with E-state index >= 15 is 0 Å². The Morgan fingerprint density at radius 3 is 2.56 bits per heavy atom. The highest BCUT2D eigenvalue weighted by molar-refractivity contribution is 5.78. The third-order valence-corrected chi connectivity index (χ3v) is 2.27. The van der Waals surface area contributed by atoms with Gasteiger partial charge in [0, 0.05) is 24.7 Å². The summed E-state index contributed by atoms with van der Waals surface area (Å²) in [6, 6.07) is 6.72. The number of nitrogens with one attached hydrogen (secondary N) is 1. The van der Waals surface area contributed by atoms with Gasteiger partial charge in [-0.25, -0.2) is 0 Å². The zero-order chi connectivity index (χ0) is 13.5. The SMILES string of the molecule is CC(C)NC(N)=NCCc1ccc([N+](=O)[O-])cc1. The first kappa shape index (κ1) is 14.0. The molecule has 0 bridgehead atoms. The second-order valence-electron chi connectivity index (χ2n) is 4.24. The molecule has 0 heterocycles. The summed E-state index contributed by atoms with van der Waals surface area (Å²) in [5, 5.41) is 13.5. The van der Waals surface area contributed by atoms with Gasteiger partial charge in [0.1, 0.15) is 0 Å². The van der Waals surface area contributed by atoms with Gasteiger partial charge in [-0.15, -0.1) is 0 Å². The summed E-state index contributed by atoms with van der Waals surface area (Å²) in [5.41, 5.74) is 6.75. The van der Waals surface area contributed by atoms with Crippen LogP contribution in [0.15, 0.2) is 29.3 Å². The third-order valence-electron chi connectivity index (χ3n) is 2.27. The van der Waals surface area contributed by atoms with E-state index in [1.807, 2.05) is 13.8 Å². The Kier molecular flexibility index (Phi) is 5.10. The van der Waals surface area contributed by atoms with Crippen molar-refractivity contribution >= 4 is 11.6 Å². The molecular weight excluding hydrogens is 232 g/mol. The van der Waals surface area contributed by atoms with E-state index < -0.39 is 4.92 Å². The Labute approximate surface area is 106 Å². The number of guanidine groups is 1. The molecule has 0 aliphatic carbocycles. The van der Waals surface area contributed by atoms with Crippen molar-refractivity contribution in [2.75, 3.05) is 6.54 Å². The van der Waals surface area contributed by atoms with Gasteiger partial charge in [0.15, 0.2) is 5.96 Å². The molecule has 0 saturated heterocycles. The fraction of sp³-hybridized carbons (Fsp3) is 0.417. The van der Waals surface area contributed by atoms with Gasteiger partial charge in [-0.05, 0) is 25.8 Å². The van der Waals surface area contributed by atoms with Crippen molar-refractivity contribution in [2.45, 2.75) is 26.3 Å². The molecule has 0 spiro atoms. The van der Waals surface area contributed by atoms with Crippen molar-refractivity contribution < 1.29 is 4.92 Å². The lowest BCUT2D eigenvalue weighted by Crippen LogP contribution is -2.36. The number of benzene rings is 1. The predicted molar refractivity (Wildman–Crippen MR) is 71.6 cm³/mol. The van der Waals surface area contributed by atoms with Gasteiger partial charge in [0.2, 0.25) is 0 Å². The molecule has 0 aromatic heterocycles. The van der Waals surface area contributed by atoms with E-state index in [9.17, 15) is 10.1 Å². The maximum absolute atomic E-state index is 10.5. The summed E-state index contributed by atoms with van der Waals surface area (Å²) in [6.07, 6.45) is 0.707. The van der Waals surface area contributed by atoms with E-state index in [1.54, 1.807) is 12.1 Å². The average Bonchev–Trinajstić information content (AvgIpc) is 2.28. The average molecular weight is 250 g/mol. The van der Waals surface area contributed by atoms with Crippen molar-refractivity contribution in [2.24, 2.45) is 10.7 Å². The van der Waals surface area contributed by atoms with E-state index in [0.29, 0.717) is 18.9 Å². The number of nitrogens with zero attached hydrogens (tertiary/aromatic N) is 2. The molecule has 0 saturated carbocycles. The van der Waals surface area contributed by atoms with Crippen LogP contribution < -0.4 is 11.1 Å². The second-order valence-corrected chi connectivity index (χ2v) is 4.24. The molecular formula is C12H18N4O2. The largest absolute Gasteiger partial charge is 0.370 e. The molecule has 6 heteroatoms. The number of nitrogens with two attached hydrogens (primary N) is 1. The van der Waals surface area contributed by atoms with Gasteiger partial charge in [-0.1, -0.05) is 12.1 Å². The normalized spacial score (nSPS) is 11.6. The first-order valence-corrected chi connectivity index (χ1v) is 5.79. The van der Waals surface area contributed by atoms with Gasteiger partial charge >= 0.3 is 0 Å². The van der Waals surface area contributed by atoms with E-state index in [4.69, 9.17) is 5.73 Å². The Bertz CT molecular complexity index is 426. The summed E-state index contributed by atoms with van der Waals surface area (Å²) in [7, 11) is 0. The summed E-state index contributed by atoms with van der Waals surface area (Å²) in [4.78, 5) is 14.2. The van der Waals surface area contributed by atoms with Crippen molar-refractivity contribution in [1.82, 2.24) is 5.32 Å². The van der Waals surface area contributed by atoms with Crippen LogP contribution in [0, 0.1) is 10.1 Å². The fourth-order valence-corrected chi connectivity index (χ4v) is 1.43. The molecule has 0 aliphatic rings. The van der Waals surface area contributed by atoms with Crippen LogP contribution in [0.2, 0.25) is 0 Å². The van der Waals surface area contributed by atoms with Crippen LogP contribution in [0.3, 0.4) is 0 Å². The Hall–Kier alpha value is -2.11. The van der Waals surface area contributed by atoms with Gasteiger partial charge < -0.3 is 11.1 Å². The van der Waals surface area contributed by atoms with Crippen molar-refractivity contribution in [3.63, 3.8) is 0 Å². The standard InChI is InChI=1S/C12H18N4O2/c1-9(2)15-12(13)14-8-7-10-3-5-11(6-4-10)16(17)18/h3-6,9H,7-8H2,1-2H3,(H3,13,14,15). The van der Waals surface area contributed by atoms with Crippen LogP contribution >= 0.6 is 0 Å². The Morgan fingerprint density at radius 2 is 2.06 bits per heavy atom. The maximum atomic E-state index is 10.5. The van der Waals surface area contributed by atoms with Crippen LogP contribution in [0.4, 0.5) is 5.69 Å². The van der Waals surface area contributed by atoms with Gasteiger partial charge in [-0.3, -0.25) is 15.1 Å². The van der Waals surface area contributed by atoms with Crippen molar-refractivity contribution in [1.29, 1.82) is 0 Å². The fourth-order valence-electron chi connectivity index (χ4n) is 1.43. The van der Waals surface area contributed by atoms with Gasteiger partial charge in [-0.2, -0.15) is 0 Å². The lowest BCUT2D eigenvalue weighted by Gasteiger charge is -2.08. The number of aliphatic imine (C=N–C) groups is 1. The minimum atomic E-state index is -0.410. The van der Waals surface area contributed by atoms with E-state index in [2.05, 4.69) is 10.3 Å². The number of rotatable bonds is 5. The van der Waals surface area contributed by atoms with Crippen LogP contribution in [-0.2, 0) is 6.42 Å². The number of hydrogen-bond donors (Lipinski definition) is 2. The predicted octanol–water partition coefficient (Wildman–Crippen LogP) is 1.45. The van der Waals surface area contributed by atoms with E-state index in [0.717, 1.165) is 5.56 Å². The third kappa shape index (κ3) is 4.82. The lowest BCUT2D eigenvalue weighted by atomic mass is 10.1. The quantitative estimate of drug-likeness (QED) is 0.358. The minimum Gasteiger partial charge on any atom is -0.370 e. The molecule has 1 aromatic carbocycles. The van der Waals surface area contributed by atoms with Crippen LogP contribution in [0.5, 0.6) is 0 Å².